The fourth-order valence-corrected chi connectivity index (χ4v) is 7.42. The number of sulfonamides is 1. The Hall–Kier alpha value is -1.29. The van der Waals surface area contributed by atoms with Gasteiger partial charge in [-0.3, -0.25) is 4.79 Å². The van der Waals surface area contributed by atoms with Gasteiger partial charge in [-0.15, -0.1) is 22.7 Å². The standard InChI is InChI=1S/C18H23N3O3S3/c22-17(20-18-19-14-7-2-1-3-8-15(14)26-18)13-6-4-10-21(12-13)27(23,24)16-9-5-11-25-16/h5,9,11,13H,1-4,6-8,10,12H2,(H,19,20,22)/t13-/m1/s1. The summed E-state index contributed by atoms with van der Waals surface area (Å²) in [6, 6.07) is 3.35. The molecule has 1 saturated heterocycles. The summed E-state index contributed by atoms with van der Waals surface area (Å²) in [5, 5.41) is 5.36. The van der Waals surface area contributed by atoms with Gasteiger partial charge in [0.15, 0.2) is 5.13 Å². The van der Waals surface area contributed by atoms with Gasteiger partial charge in [-0.05, 0) is 50.0 Å². The summed E-state index contributed by atoms with van der Waals surface area (Å²) in [6.45, 7) is 0.701. The van der Waals surface area contributed by atoms with Gasteiger partial charge in [0.1, 0.15) is 4.21 Å². The number of nitrogens with zero attached hydrogens (tertiary/aromatic N) is 2. The molecule has 1 aliphatic heterocycles. The molecular weight excluding hydrogens is 402 g/mol. The van der Waals surface area contributed by atoms with Gasteiger partial charge in [-0.1, -0.05) is 12.5 Å². The summed E-state index contributed by atoms with van der Waals surface area (Å²) in [5.41, 5.74) is 1.12. The van der Waals surface area contributed by atoms with Crippen molar-refractivity contribution in [3.63, 3.8) is 0 Å². The molecule has 27 heavy (non-hydrogen) atoms. The van der Waals surface area contributed by atoms with Crippen molar-refractivity contribution in [1.29, 1.82) is 0 Å². The number of piperidine rings is 1. The lowest BCUT2D eigenvalue weighted by molar-refractivity contribution is -0.120. The Labute approximate surface area is 167 Å². The van der Waals surface area contributed by atoms with Gasteiger partial charge in [0.05, 0.1) is 11.6 Å². The highest BCUT2D eigenvalue weighted by Gasteiger charge is 2.34. The summed E-state index contributed by atoms with van der Waals surface area (Å²) < 4.78 is 27.3. The second-order valence-electron chi connectivity index (χ2n) is 7.07. The van der Waals surface area contributed by atoms with E-state index in [0.717, 1.165) is 25.0 Å². The molecule has 3 heterocycles. The van der Waals surface area contributed by atoms with Crippen molar-refractivity contribution in [3.8, 4) is 0 Å². The average molecular weight is 426 g/mol. The zero-order valence-electron chi connectivity index (χ0n) is 15.0. The Bertz CT molecular complexity index is 882. The predicted octanol–water partition coefficient (Wildman–Crippen LogP) is 3.51. The highest BCUT2D eigenvalue weighted by atomic mass is 32.2. The number of nitrogens with one attached hydrogen (secondary N) is 1. The molecule has 2 aromatic rings. The number of aromatic nitrogens is 1. The maximum atomic E-state index is 12.7. The number of hydrogen-bond donors (Lipinski definition) is 1. The first kappa shape index (κ1) is 19.0. The Morgan fingerprint density at radius 1 is 1.22 bits per heavy atom. The zero-order chi connectivity index (χ0) is 18.9. The minimum atomic E-state index is -3.51. The number of anilines is 1. The van der Waals surface area contributed by atoms with Crippen LogP contribution in [0.5, 0.6) is 0 Å². The molecule has 6 nitrogen and oxygen atoms in total. The van der Waals surface area contributed by atoms with E-state index in [0.29, 0.717) is 28.7 Å². The normalized spacial score (nSPS) is 21.4. The Morgan fingerprint density at radius 2 is 2.07 bits per heavy atom. The van der Waals surface area contributed by atoms with Crippen LogP contribution in [0, 0.1) is 5.92 Å². The van der Waals surface area contributed by atoms with Crippen LogP contribution in [0.15, 0.2) is 21.7 Å². The molecule has 1 aliphatic carbocycles. The molecule has 1 amide bonds. The molecule has 0 bridgehead atoms. The Kier molecular flexibility index (Phi) is 5.63. The zero-order valence-corrected chi connectivity index (χ0v) is 17.5. The van der Waals surface area contributed by atoms with E-state index in [-0.39, 0.29) is 18.4 Å². The Morgan fingerprint density at radius 3 is 2.89 bits per heavy atom. The van der Waals surface area contributed by atoms with Crippen molar-refractivity contribution in [3.05, 3.63) is 28.1 Å². The van der Waals surface area contributed by atoms with Crippen molar-refractivity contribution < 1.29 is 13.2 Å². The number of hydrogen-bond acceptors (Lipinski definition) is 6. The Balaban J connectivity index is 1.43. The van der Waals surface area contributed by atoms with Gasteiger partial charge < -0.3 is 5.32 Å². The molecule has 0 spiro atoms. The molecule has 2 aromatic heterocycles. The monoisotopic (exact) mass is 425 g/mol. The summed E-state index contributed by atoms with van der Waals surface area (Å²) in [7, 11) is -3.51. The smallest absolute Gasteiger partial charge is 0.252 e. The number of rotatable bonds is 4. The number of thiazole rings is 1. The van der Waals surface area contributed by atoms with E-state index in [4.69, 9.17) is 0 Å². The number of aryl methyl sites for hydroxylation is 2. The van der Waals surface area contributed by atoms with Gasteiger partial charge in [0, 0.05) is 18.0 Å². The van der Waals surface area contributed by atoms with E-state index in [2.05, 4.69) is 10.3 Å². The van der Waals surface area contributed by atoms with E-state index in [9.17, 15) is 13.2 Å². The predicted molar refractivity (Wildman–Crippen MR) is 108 cm³/mol. The van der Waals surface area contributed by atoms with Gasteiger partial charge in [-0.2, -0.15) is 4.31 Å². The van der Waals surface area contributed by atoms with Crippen LogP contribution in [0.4, 0.5) is 5.13 Å². The molecule has 1 N–H and O–H groups in total. The van der Waals surface area contributed by atoms with E-state index >= 15 is 0 Å². The molecule has 0 radical (unpaired) electrons. The molecule has 146 valence electrons. The molecule has 0 saturated carbocycles. The van der Waals surface area contributed by atoms with Crippen molar-refractivity contribution in [2.24, 2.45) is 5.92 Å². The fraction of sp³-hybridized carbons (Fsp3) is 0.556. The summed E-state index contributed by atoms with van der Waals surface area (Å²) in [5.74, 6) is -0.456. The molecular formula is C18H23N3O3S3. The van der Waals surface area contributed by atoms with Gasteiger partial charge in [0.2, 0.25) is 5.91 Å². The third-order valence-electron chi connectivity index (χ3n) is 5.17. The van der Waals surface area contributed by atoms with Crippen LogP contribution < -0.4 is 5.32 Å². The first-order chi connectivity index (χ1) is 13.0. The lowest BCUT2D eigenvalue weighted by Crippen LogP contribution is -2.43. The highest BCUT2D eigenvalue weighted by molar-refractivity contribution is 7.91. The molecule has 1 fully saturated rings. The fourth-order valence-electron chi connectivity index (χ4n) is 3.70. The van der Waals surface area contributed by atoms with E-state index in [1.807, 2.05) is 0 Å². The van der Waals surface area contributed by atoms with E-state index in [1.165, 1.54) is 33.4 Å². The second-order valence-corrected chi connectivity index (χ2v) is 11.3. The van der Waals surface area contributed by atoms with Crippen LogP contribution in [-0.2, 0) is 27.7 Å². The number of carbonyl (C=O) groups is 1. The first-order valence-electron chi connectivity index (χ1n) is 9.37. The molecule has 0 aromatic carbocycles. The third-order valence-corrected chi connectivity index (χ3v) is 9.48. The SMILES string of the molecule is O=C(Nc1nc2c(s1)CCCCC2)[C@@H]1CCCN(S(=O)(=O)c2cccs2)C1. The van der Waals surface area contributed by atoms with Crippen LogP contribution in [0.25, 0.3) is 0 Å². The maximum absolute atomic E-state index is 12.7. The highest BCUT2D eigenvalue weighted by Crippen LogP contribution is 2.30. The van der Waals surface area contributed by atoms with Crippen molar-refractivity contribution in [1.82, 2.24) is 9.29 Å². The van der Waals surface area contributed by atoms with E-state index < -0.39 is 10.0 Å². The summed E-state index contributed by atoms with van der Waals surface area (Å²) in [4.78, 5) is 18.6. The van der Waals surface area contributed by atoms with Crippen molar-refractivity contribution >= 4 is 43.7 Å². The quantitative estimate of drug-likeness (QED) is 0.760. The van der Waals surface area contributed by atoms with Gasteiger partial charge in [-0.25, -0.2) is 13.4 Å². The number of fused-ring (bicyclic) bond motifs is 1. The van der Waals surface area contributed by atoms with E-state index in [1.54, 1.807) is 28.8 Å². The van der Waals surface area contributed by atoms with Crippen LogP contribution in [0.3, 0.4) is 0 Å². The number of amides is 1. The lowest BCUT2D eigenvalue weighted by Gasteiger charge is -2.30. The van der Waals surface area contributed by atoms with Crippen molar-refractivity contribution in [2.45, 2.75) is 49.2 Å². The number of thiophene rings is 1. The minimum absolute atomic E-state index is 0.120. The number of carbonyl (C=O) groups excluding carboxylic acids is 1. The summed E-state index contributed by atoms with van der Waals surface area (Å²) >= 11 is 2.79. The molecule has 2 aliphatic rings. The van der Waals surface area contributed by atoms with Crippen LogP contribution >= 0.6 is 22.7 Å². The summed E-state index contributed by atoms with van der Waals surface area (Å²) in [6.07, 6.45) is 6.99. The maximum Gasteiger partial charge on any atom is 0.252 e. The first-order valence-corrected chi connectivity index (χ1v) is 12.5. The third kappa shape index (κ3) is 4.11. The molecule has 1 atom stereocenters. The second kappa shape index (κ2) is 7.98. The largest absolute Gasteiger partial charge is 0.302 e. The lowest BCUT2D eigenvalue weighted by atomic mass is 9.99. The topological polar surface area (TPSA) is 79.4 Å². The van der Waals surface area contributed by atoms with Crippen LogP contribution in [0.1, 0.15) is 42.7 Å². The molecule has 9 heteroatoms. The van der Waals surface area contributed by atoms with Gasteiger partial charge in [0.25, 0.3) is 10.0 Å². The van der Waals surface area contributed by atoms with Crippen LogP contribution in [-0.4, -0.2) is 36.7 Å². The molecule has 4 rings (SSSR count). The van der Waals surface area contributed by atoms with Gasteiger partial charge >= 0.3 is 0 Å². The molecule has 0 unspecified atom stereocenters. The average Bonchev–Trinajstić information content (AvgIpc) is 3.28. The minimum Gasteiger partial charge on any atom is -0.302 e. The van der Waals surface area contributed by atoms with Crippen LogP contribution in [0.2, 0.25) is 0 Å². The van der Waals surface area contributed by atoms with Crippen molar-refractivity contribution in [2.75, 3.05) is 18.4 Å².